The number of ether oxygens (including phenoxy) is 1. The molecule has 0 radical (unpaired) electrons. The van der Waals surface area contributed by atoms with Crippen LogP contribution in [0, 0.1) is 5.82 Å². The maximum absolute atomic E-state index is 13.2. The van der Waals surface area contributed by atoms with Crippen molar-refractivity contribution in [3.05, 3.63) is 29.6 Å². The second kappa shape index (κ2) is 5.10. The minimum Gasteiger partial charge on any atom is -0.487 e. The third-order valence-electron chi connectivity index (χ3n) is 4.41. The van der Waals surface area contributed by atoms with Gasteiger partial charge in [-0.25, -0.2) is 4.39 Å². The van der Waals surface area contributed by atoms with Crippen LogP contribution in [0.3, 0.4) is 0 Å². The highest BCUT2D eigenvalue weighted by molar-refractivity contribution is 5.36. The Kier molecular flexibility index (Phi) is 3.46. The van der Waals surface area contributed by atoms with Gasteiger partial charge in [-0.05, 0) is 49.4 Å². The molecule has 104 valence electrons. The van der Waals surface area contributed by atoms with E-state index < -0.39 is 0 Å². The summed E-state index contributed by atoms with van der Waals surface area (Å²) in [5.41, 5.74) is 6.58. The summed E-state index contributed by atoms with van der Waals surface area (Å²) in [6, 6.07) is 4.87. The van der Waals surface area contributed by atoms with E-state index in [2.05, 4.69) is 4.90 Å². The number of fused-ring (bicyclic) bond motifs is 1. The van der Waals surface area contributed by atoms with Gasteiger partial charge >= 0.3 is 0 Å². The molecule has 1 saturated heterocycles. The molecule has 0 aromatic heterocycles. The zero-order valence-electron chi connectivity index (χ0n) is 11.2. The molecule has 0 unspecified atom stereocenters. The van der Waals surface area contributed by atoms with E-state index in [1.165, 1.54) is 6.07 Å². The molecular formula is C15H21FN2O. The van der Waals surface area contributed by atoms with Crippen molar-refractivity contribution in [2.75, 3.05) is 26.2 Å². The molecule has 19 heavy (non-hydrogen) atoms. The van der Waals surface area contributed by atoms with Crippen LogP contribution in [0.5, 0.6) is 5.75 Å². The maximum Gasteiger partial charge on any atom is 0.123 e. The minimum absolute atomic E-state index is 0.0318. The predicted octanol–water partition coefficient (Wildman–Crippen LogP) is 1.94. The third-order valence-corrected chi connectivity index (χ3v) is 4.41. The fourth-order valence-corrected chi connectivity index (χ4v) is 3.21. The van der Waals surface area contributed by atoms with Crippen LogP contribution in [0.2, 0.25) is 0 Å². The lowest BCUT2D eigenvalue weighted by molar-refractivity contribution is -0.0138. The van der Waals surface area contributed by atoms with Crippen LogP contribution < -0.4 is 10.5 Å². The van der Waals surface area contributed by atoms with Gasteiger partial charge < -0.3 is 15.4 Å². The van der Waals surface area contributed by atoms with E-state index in [1.807, 2.05) is 0 Å². The topological polar surface area (TPSA) is 38.5 Å². The van der Waals surface area contributed by atoms with Crippen molar-refractivity contribution in [2.24, 2.45) is 5.73 Å². The van der Waals surface area contributed by atoms with Crippen molar-refractivity contribution < 1.29 is 9.13 Å². The SMILES string of the molecule is NCCN1CCC2(CCc3cc(F)ccc3O2)CC1. The quantitative estimate of drug-likeness (QED) is 0.887. The second-order valence-corrected chi connectivity index (χ2v) is 5.67. The van der Waals surface area contributed by atoms with E-state index in [-0.39, 0.29) is 11.4 Å². The molecule has 2 aliphatic rings. The highest BCUT2D eigenvalue weighted by atomic mass is 19.1. The molecule has 2 N–H and O–H groups in total. The molecule has 4 heteroatoms. The second-order valence-electron chi connectivity index (χ2n) is 5.67. The predicted molar refractivity (Wildman–Crippen MR) is 72.8 cm³/mol. The average Bonchev–Trinajstić information content (AvgIpc) is 2.42. The first kappa shape index (κ1) is 12.9. The number of nitrogens with two attached hydrogens (primary N) is 1. The van der Waals surface area contributed by atoms with Crippen molar-refractivity contribution in [2.45, 2.75) is 31.3 Å². The Morgan fingerprint density at radius 3 is 2.79 bits per heavy atom. The minimum atomic E-state index is -0.170. The lowest BCUT2D eigenvalue weighted by atomic mass is 9.83. The highest BCUT2D eigenvalue weighted by Crippen LogP contribution is 2.39. The lowest BCUT2D eigenvalue weighted by Crippen LogP contribution is -2.50. The molecule has 0 aliphatic carbocycles. The summed E-state index contributed by atoms with van der Waals surface area (Å²) in [6.45, 7) is 3.79. The van der Waals surface area contributed by atoms with Gasteiger partial charge in [-0.1, -0.05) is 0 Å². The molecule has 1 aromatic carbocycles. The summed E-state index contributed by atoms with van der Waals surface area (Å²) in [5.74, 6) is 0.705. The van der Waals surface area contributed by atoms with Crippen LogP contribution in [0.1, 0.15) is 24.8 Å². The van der Waals surface area contributed by atoms with Gasteiger partial charge in [-0.15, -0.1) is 0 Å². The van der Waals surface area contributed by atoms with E-state index in [0.29, 0.717) is 0 Å². The molecule has 3 nitrogen and oxygen atoms in total. The smallest absolute Gasteiger partial charge is 0.123 e. The number of nitrogens with zero attached hydrogens (tertiary/aromatic N) is 1. The molecule has 3 rings (SSSR count). The van der Waals surface area contributed by atoms with Gasteiger partial charge in [0.1, 0.15) is 17.2 Å². The van der Waals surface area contributed by atoms with Gasteiger partial charge in [-0.3, -0.25) is 0 Å². The number of benzene rings is 1. The summed E-state index contributed by atoms with van der Waals surface area (Å²) in [6.07, 6.45) is 4.01. The van der Waals surface area contributed by atoms with Crippen LogP contribution >= 0.6 is 0 Å². The van der Waals surface area contributed by atoms with Gasteiger partial charge in [0.2, 0.25) is 0 Å². The fourth-order valence-electron chi connectivity index (χ4n) is 3.21. The normalized spacial score (nSPS) is 22.0. The Labute approximate surface area is 113 Å². The zero-order chi connectivity index (χ0) is 13.3. The molecule has 1 fully saturated rings. The molecular weight excluding hydrogens is 243 g/mol. The summed E-state index contributed by atoms with van der Waals surface area (Å²) in [4.78, 5) is 2.40. The van der Waals surface area contributed by atoms with Crippen LogP contribution in [-0.2, 0) is 6.42 Å². The molecule has 2 heterocycles. The van der Waals surface area contributed by atoms with Gasteiger partial charge in [0.05, 0.1) is 0 Å². The van der Waals surface area contributed by atoms with Gasteiger partial charge in [-0.2, -0.15) is 0 Å². The summed E-state index contributed by atoms with van der Waals surface area (Å²) >= 11 is 0. The van der Waals surface area contributed by atoms with Crippen molar-refractivity contribution >= 4 is 0 Å². The van der Waals surface area contributed by atoms with E-state index in [1.54, 1.807) is 12.1 Å². The van der Waals surface area contributed by atoms with Crippen LogP contribution in [0.4, 0.5) is 4.39 Å². The highest BCUT2D eigenvalue weighted by Gasteiger charge is 2.39. The first-order valence-corrected chi connectivity index (χ1v) is 7.11. The fraction of sp³-hybridized carbons (Fsp3) is 0.600. The standard InChI is InChI=1S/C15H21FN2O/c16-13-1-2-14-12(11-13)3-4-15(19-14)5-8-18(9-6-15)10-7-17/h1-2,11H,3-10,17H2. The summed E-state index contributed by atoms with van der Waals surface area (Å²) in [7, 11) is 0. The number of halogens is 1. The third kappa shape index (κ3) is 2.60. The number of likely N-dealkylation sites (tertiary alicyclic amines) is 1. The van der Waals surface area contributed by atoms with Gasteiger partial charge in [0.25, 0.3) is 0 Å². The molecule has 1 aromatic rings. The van der Waals surface area contributed by atoms with Crippen LogP contribution in [0.15, 0.2) is 18.2 Å². The van der Waals surface area contributed by atoms with E-state index >= 15 is 0 Å². The van der Waals surface area contributed by atoms with Gasteiger partial charge in [0.15, 0.2) is 0 Å². The zero-order valence-corrected chi connectivity index (χ0v) is 11.2. The molecule has 0 bridgehead atoms. The lowest BCUT2D eigenvalue weighted by Gasteiger charge is -2.44. The summed E-state index contributed by atoms with van der Waals surface area (Å²) in [5, 5.41) is 0. The average molecular weight is 264 g/mol. The Morgan fingerprint density at radius 2 is 2.05 bits per heavy atom. The number of hydrogen-bond donors (Lipinski definition) is 1. The summed E-state index contributed by atoms with van der Waals surface area (Å²) < 4.78 is 19.4. The monoisotopic (exact) mass is 264 g/mol. The maximum atomic E-state index is 13.2. The Balaban J connectivity index is 1.70. The van der Waals surface area contributed by atoms with Crippen LogP contribution in [-0.4, -0.2) is 36.7 Å². The van der Waals surface area contributed by atoms with E-state index in [4.69, 9.17) is 10.5 Å². The molecule has 0 saturated carbocycles. The van der Waals surface area contributed by atoms with Crippen molar-refractivity contribution in [3.63, 3.8) is 0 Å². The number of rotatable bonds is 2. The number of aryl methyl sites for hydroxylation is 1. The number of piperidine rings is 1. The van der Waals surface area contributed by atoms with Crippen molar-refractivity contribution in [1.29, 1.82) is 0 Å². The Hall–Kier alpha value is -1.13. The first-order chi connectivity index (χ1) is 9.21. The molecule has 0 atom stereocenters. The molecule has 1 spiro atoms. The van der Waals surface area contributed by atoms with Crippen LogP contribution in [0.25, 0.3) is 0 Å². The molecule has 2 aliphatic heterocycles. The van der Waals surface area contributed by atoms with Gasteiger partial charge in [0, 0.05) is 26.2 Å². The van der Waals surface area contributed by atoms with E-state index in [0.717, 1.165) is 63.2 Å². The Morgan fingerprint density at radius 1 is 1.26 bits per heavy atom. The van der Waals surface area contributed by atoms with Crippen molar-refractivity contribution in [3.8, 4) is 5.75 Å². The number of hydrogen-bond acceptors (Lipinski definition) is 3. The molecule has 0 amide bonds. The first-order valence-electron chi connectivity index (χ1n) is 7.11. The Bertz CT molecular complexity index is 455. The largest absolute Gasteiger partial charge is 0.487 e. The van der Waals surface area contributed by atoms with Crippen molar-refractivity contribution in [1.82, 2.24) is 4.90 Å². The van der Waals surface area contributed by atoms with E-state index in [9.17, 15) is 4.39 Å².